The minimum Gasteiger partial charge on any atom is -0.490 e. The van der Waals surface area contributed by atoms with Crippen molar-refractivity contribution in [1.82, 2.24) is 4.98 Å². The van der Waals surface area contributed by atoms with Crippen LogP contribution in [0.1, 0.15) is 24.6 Å². The summed E-state index contributed by atoms with van der Waals surface area (Å²) in [6.07, 6.45) is 1.01. The van der Waals surface area contributed by atoms with Gasteiger partial charge >= 0.3 is 0 Å². The van der Waals surface area contributed by atoms with Gasteiger partial charge in [0.1, 0.15) is 4.60 Å². The normalized spacial score (nSPS) is 10.2. The number of aromatic nitrogens is 1. The zero-order chi connectivity index (χ0) is 9.84. The summed E-state index contributed by atoms with van der Waals surface area (Å²) in [6, 6.07) is 2.02. The molecule has 1 heterocycles. The standard InChI is InChI=1S/C10H14BrNO/c1-4-5-13-9-7(2)6-8(3)12-10(9)11/h6H,4-5H2,1-3H3. The fourth-order valence-electron chi connectivity index (χ4n) is 1.16. The molecule has 0 bridgehead atoms. The van der Waals surface area contributed by atoms with Gasteiger partial charge in [-0.05, 0) is 47.8 Å². The van der Waals surface area contributed by atoms with E-state index < -0.39 is 0 Å². The Morgan fingerprint density at radius 1 is 1.46 bits per heavy atom. The molecule has 0 fully saturated rings. The third-order valence-corrected chi connectivity index (χ3v) is 2.23. The van der Waals surface area contributed by atoms with Crippen molar-refractivity contribution in [2.75, 3.05) is 6.61 Å². The molecular weight excluding hydrogens is 230 g/mol. The van der Waals surface area contributed by atoms with Crippen molar-refractivity contribution in [1.29, 1.82) is 0 Å². The van der Waals surface area contributed by atoms with Crippen LogP contribution in [0.5, 0.6) is 5.75 Å². The maximum absolute atomic E-state index is 5.56. The maximum Gasteiger partial charge on any atom is 0.154 e. The first-order valence-corrected chi connectivity index (χ1v) is 5.21. The Balaban J connectivity index is 2.92. The van der Waals surface area contributed by atoms with Gasteiger partial charge in [-0.3, -0.25) is 0 Å². The van der Waals surface area contributed by atoms with E-state index in [2.05, 4.69) is 27.8 Å². The van der Waals surface area contributed by atoms with E-state index in [9.17, 15) is 0 Å². The highest BCUT2D eigenvalue weighted by Gasteiger charge is 2.06. The van der Waals surface area contributed by atoms with Gasteiger partial charge in [-0.2, -0.15) is 0 Å². The lowest BCUT2D eigenvalue weighted by atomic mass is 10.2. The van der Waals surface area contributed by atoms with Gasteiger partial charge in [0.25, 0.3) is 0 Å². The average molecular weight is 244 g/mol. The fourth-order valence-corrected chi connectivity index (χ4v) is 1.86. The lowest BCUT2D eigenvalue weighted by molar-refractivity contribution is 0.311. The third kappa shape index (κ3) is 2.69. The number of rotatable bonds is 3. The highest BCUT2D eigenvalue weighted by molar-refractivity contribution is 9.10. The number of nitrogens with zero attached hydrogens (tertiary/aromatic N) is 1. The van der Waals surface area contributed by atoms with E-state index in [0.717, 1.165) is 34.6 Å². The third-order valence-electron chi connectivity index (χ3n) is 1.70. The minimum absolute atomic E-state index is 0.740. The van der Waals surface area contributed by atoms with Crippen molar-refractivity contribution < 1.29 is 4.74 Å². The van der Waals surface area contributed by atoms with Crippen LogP contribution < -0.4 is 4.74 Å². The molecule has 2 nitrogen and oxygen atoms in total. The average Bonchev–Trinajstić information content (AvgIpc) is 2.02. The highest BCUT2D eigenvalue weighted by atomic mass is 79.9. The van der Waals surface area contributed by atoms with Crippen LogP contribution in [0.15, 0.2) is 10.7 Å². The van der Waals surface area contributed by atoms with Crippen molar-refractivity contribution in [2.24, 2.45) is 0 Å². The topological polar surface area (TPSA) is 22.1 Å². The lowest BCUT2D eigenvalue weighted by Gasteiger charge is -2.10. The van der Waals surface area contributed by atoms with Crippen molar-refractivity contribution >= 4 is 15.9 Å². The first-order valence-electron chi connectivity index (χ1n) is 4.41. The predicted molar refractivity (Wildman–Crippen MR) is 57.2 cm³/mol. The molecule has 0 amide bonds. The minimum atomic E-state index is 0.740. The number of halogens is 1. The van der Waals surface area contributed by atoms with Crippen LogP contribution in [0, 0.1) is 13.8 Å². The van der Waals surface area contributed by atoms with Crippen LogP contribution in [0.4, 0.5) is 0 Å². The van der Waals surface area contributed by atoms with Gasteiger partial charge in [0, 0.05) is 5.69 Å². The number of ether oxygens (including phenoxy) is 1. The molecule has 0 aliphatic heterocycles. The molecule has 0 atom stereocenters. The Hall–Kier alpha value is -0.570. The smallest absolute Gasteiger partial charge is 0.154 e. The Labute approximate surface area is 87.5 Å². The van der Waals surface area contributed by atoms with E-state index in [4.69, 9.17) is 4.74 Å². The largest absolute Gasteiger partial charge is 0.490 e. The Bertz CT molecular complexity index is 276. The second-order valence-electron chi connectivity index (χ2n) is 3.05. The van der Waals surface area contributed by atoms with E-state index in [0.29, 0.717) is 0 Å². The predicted octanol–water partition coefficient (Wildman–Crippen LogP) is 3.25. The Morgan fingerprint density at radius 2 is 2.15 bits per heavy atom. The summed E-state index contributed by atoms with van der Waals surface area (Å²) in [5.41, 5.74) is 2.14. The lowest BCUT2D eigenvalue weighted by Crippen LogP contribution is -1.99. The summed E-state index contributed by atoms with van der Waals surface area (Å²) in [6.45, 7) is 6.83. The molecule has 0 spiro atoms. The van der Waals surface area contributed by atoms with Crippen LogP contribution >= 0.6 is 15.9 Å². The van der Waals surface area contributed by atoms with Crippen LogP contribution in [0.3, 0.4) is 0 Å². The van der Waals surface area contributed by atoms with E-state index in [1.165, 1.54) is 0 Å². The molecule has 0 aliphatic carbocycles. The second-order valence-corrected chi connectivity index (χ2v) is 3.80. The Kier molecular flexibility index (Phi) is 3.72. The summed E-state index contributed by atoms with van der Waals surface area (Å²) in [7, 11) is 0. The van der Waals surface area contributed by atoms with Gasteiger partial charge < -0.3 is 4.74 Å². The molecule has 13 heavy (non-hydrogen) atoms. The summed E-state index contributed by atoms with van der Waals surface area (Å²) in [4.78, 5) is 4.28. The molecule has 0 aliphatic rings. The van der Waals surface area contributed by atoms with Gasteiger partial charge in [-0.15, -0.1) is 0 Å². The molecule has 72 valence electrons. The van der Waals surface area contributed by atoms with Crippen molar-refractivity contribution in [3.63, 3.8) is 0 Å². The van der Waals surface area contributed by atoms with Crippen LogP contribution in [0.2, 0.25) is 0 Å². The molecule has 0 radical (unpaired) electrons. The van der Waals surface area contributed by atoms with Crippen LogP contribution in [-0.2, 0) is 0 Å². The van der Waals surface area contributed by atoms with Gasteiger partial charge in [0.2, 0.25) is 0 Å². The monoisotopic (exact) mass is 243 g/mol. The van der Waals surface area contributed by atoms with E-state index in [1.54, 1.807) is 0 Å². The quantitative estimate of drug-likeness (QED) is 0.761. The number of pyridine rings is 1. The number of aryl methyl sites for hydroxylation is 2. The van der Waals surface area contributed by atoms with Crippen LogP contribution in [0.25, 0.3) is 0 Å². The fraction of sp³-hybridized carbons (Fsp3) is 0.500. The van der Waals surface area contributed by atoms with Gasteiger partial charge in [-0.25, -0.2) is 4.98 Å². The molecule has 3 heteroatoms. The van der Waals surface area contributed by atoms with Crippen molar-refractivity contribution in [3.05, 3.63) is 21.9 Å². The van der Waals surface area contributed by atoms with Gasteiger partial charge in [0.05, 0.1) is 6.61 Å². The molecule has 0 unspecified atom stereocenters. The molecule has 0 aromatic carbocycles. The summed E-state index contributed by atoms with van der Waals surface area (Å²) in [5, 5.41) is 0. The number of hydrogen-bond donors (Lipinski definition) is 0. The summed E-state index contributed by atoms with van der Waals surface area (Å²) in [5.74, 6) is 0.868. The molecule has 1 aromatic rings. The highest BCUT2D eigenvalue weighted by Crippen LogP contribution is 2.27. The first kappa shape index (κ1) is 10.5. The van der Waals surface area contributed by atoms with Crippen LogP contribution in [-0.4, -0.2) is 11.6 Å². The zero-order valence-electron chi connectivity index (χ0n) is 8.22. The van der Waals surface area contributed by atoms with E-state index in [-0.39, 0.29) is 0 Å². The van der Waals surface area contributed by atoms with E-state index in [1.807, 2.05) is 19.9 Å². The Morgan fingerprint density at radius 3 is 2.69 bits per heavy atom. The molecule has 0 saturated heterocycles. The van der Waals surface area contributed by atoms with Crippen molar-refractivity contribution in [3.8, 4) is 5.75 Å². The molecule has 0 N–H and O–H groups in total. The molecule has 1 aromatic heterocycles. The van der Waals surface area contributed by atoms with Crippen molar-refractivity contribution in [2.45, 2.75) is 27.2 Å². The first-order chi connectivity index (χ1) is 6.15. The van der Waals surface area contributed by atoms with E-state index >= 15 is 0 Å². The van der Waals surface area contributed by atoms with Gasteiger partial charge in [0.15, 0.2) is 5.75 Å². The summed E-state index contributed by atoms with van der Waals surface area (Å²) < 4.78 is 6.37. The molecular formula is C10H14BrNO. The SMILES string of the molecule is CCCOc1c(C)cc(C)nc1Br. The second kappa shape index (κ2) is 4.61. The zero-order valence-corrected chi connectivity index (χ0v) is 9.81. The molecule has 1 rings (SSSR count). The molecule has 0 saturated carbocycles. The number of hydrogen-bond acceptors (Lipinski definition) is 2. The summed E-state index contributed by atoms with van der Waals surface area (Å²) >= 11 is 3.39. The van der Waals surface area contributed by atoms with Gasteiger partial charge in [-0.1, -0.05) is 6.92 Å². The maximum atomic E-state index is 5.56.